The molecule has 1 unspecified atom stereocenters. The lowest BCUT2D eigenvalue weighted by Gasteiger charge is -2.31. The van der Waals surface area contributed by atoms with E-state index in [4.69, 9.17) is 0 Å². The molecular formula is C11H16N2O. The van der Waals surface area contributed by atoms with Gasteiger partial charge in [0.05, 0.1) is 6.10 Å². The molecule has 1 aliphatic rings. The first-order chi connectivity index (χ1) is 6.81. The summed E-state index contributed by atoms with van der Waals surface area (Å²) >= 11 is 0. The third-order valence-electron chi connectivity index (χ3n) is 2.80. The Morgan fingerprint density at radius 1 is 1.36 bits per heavy atom. The Hall–Kier alpha value is -1.06. The molecule has 0 aromatic heterocycles. The highest BCUT2D eigenvalue weighted by molar-refractivity contribution is 5.44. The Bertz CT molecular complexity index is 293. The molecule has 1 fully saturated rings. The highest BCUT2D eigenvalue weighted by Crippen LogP contribution is 2.25. The average Bonchev–Trinajstić information content (AvgIpc) is 2.15. The number of hydrogen-bond acceptors (Lipinski definition) is 3. The lowest BCUT2D eigenvalue weighted by Crippen LogP contribution is -2.45. The lowest BCUT2D eigenvalue weighted by molar-refractivity contribution is 0.0767. The van der Waals surface area contributed by atoms with Gasteiger partial charge in [0.15, 0.2) is 0 Å². The van der Waals surface area contributed by atoms with Gasteiger partial charge < -0.3 is 15.7 Å². The van der Waals surface area contributed by atoms with Gasteiger partial charge in [-0.15, -0.1) is 0 Å². The maximum Gasteiger partial charge on any atom is 0.0842 e. The lowest BCUT2D eigenvalue weighted by atomic mass is 9.91. The zero-order valence-corrected chi connectivity index (χ0v) is 8.33. The molecule has 76 valence electrons. The van der Waals surface area contributed by atoms with Gasteiger partial charge in [0.25, 0.3) is 0 Å². The highest BCUT2D eigenvalue weighted by atomic mass is 16.3. The summed E-state index contributed by atoms with van der Waals surface area (Å²) < 4.78 is 0. The second-order valence-electron chi connectivity index (χ2n) is 3.74. The van der Waals surface area contributed by atoms with E-state index in [1.54, 1.807) is 0 Å². The van der Waals surface area contributed by atoms with E-state index < -0.39 is 0 Å². The van der Waals surface area contributed by atoms with Crippen molar-refractivity contribution >= 4 is 5.69 Å². The minimum atomic E-state index is -0.317. The van der Waals surface area contributed by atoms with E-state index >= 15 is 0 Å². The topological polar surface area (TPSA) is 44.3 Å². The predicted octanol–water partition coefficient (Wildman–Crippen LogP) is 0.981. The summed E-state index contributed by atoms with van der Waals surface area (Å²) in [7, 11) is 1.89. The molecule has 1 atom stereocenters. The molecule has 1 aliphatic heterocycles. The summed E-state index contributed by atoms with van der Waals surface area (Å²) in [6, 6.07) is 7.94. The molecule has 14 heavy (non-hydrogen) atoms. The molecule has 0 bridgehead atoms. The quantitative estimate of drug-likeness (QED) is 0.669. The Kier molecular flexibility index (Phi) is 2.70. The van der Waals surface area contributed by atoms with Crippen LogP contribution in [0.2, 0.25) is 0 Å². The molecule has 0 saturated carbocycles. The van der Waals surface area contributed by atoms with Crippen LogP contribution in [0.15, 0.2) is 24.3 Å². The highest BCUT2D eigenvalue weighted by Gasteiger charge is 2.26. The van der Waals surface area contributed by atoms with Gasteiger partial charge in [-0.1, -0.05) is 12.1 Å². The first-order valence-electron chi connectivity index (χ1n) is 4.98. The number of rotatable bonds is 3. The number of aliphatic hydroxyl groups is 1. The van der Waals surface area contributed by atoms with Crippen LogP contribution >= 0.6 is 0 Å². The Labute approximate surface area is 84.1 Å². The van der Waals surface area contributed by atoms with Crippen LogP contribution in [-0.2, 0) is 0 Å². The molecule has 1 saturated heterocycles. The number of aliphatic hydroxyl groups excluding tert-OH is 1. The SMILES string of the molecule is CNc1ccc(C(O)C2CNC2)cc1. The standard InChI is InChI=1S/C11H16N2O/c1-12-10-4-2-8(3-5-10)11(14)9-6-13-7-9/h2-5,9,11-14H,6-7H2,1H3. The van der Waals surface area contributed by atoms with Crippen molar-refractivity contribution in [1.29, 1.82) is 0 Å². The van der Waals surface area contributed by atoms with Crippen LogP contribution in [0.3, 0.4) is 0 Å². The van der Waals surface area contributed by atoms with Gasteiger partial charge in [0.2, 0.25) is 0 Å². The molecule has 0 aliphatic carbocycles. The van der Waals surface area contributed by atoms with E-state index in [1.165, 1.54) is 0 Å². The fourth-order valence-electron chi connectivity index (χ4n) is 1.65. The minimum absolute atomic E-state index is 0.317. The van der Waals surface area contributed by atoms with Crippen molar-refractivity contribution in [3.63, 3.8) is 0 Å². The molecule has 3 nitrogen and oxygen atoms in total. The molecule has 1 aromatic carbocycles. The molecule has 0 spiro atoms. The van der Waals surface area contributed by atoms with E-state index in [-0.39, 0.29) is 6.10 Å². The fourth-order valence-corrected chi connectivity index (χ4v) is 1.65. The van der Waals surface area contributed by atoms with Crippen molar-refractivity contribution < 1.29 is 5.11 Å². The van der Waals surface area contributed by atoms with Gasteiger partial charge in [-0.2, -0.15) is 0 Å². The summed E-state index contributed by atoms with van der Waals surface area (Å²) in [6.07, 6.45) is -0.317. The Morgan fingerprint density at radius 3 is 2.43 bits per heavy atom. The van der Waals surface area contributed by atoms with E-state index in [1.807, 2.05) is 31.3 Å². The van der Waals surface area contributed by atoms with Crippen molar-refractivity contribution in [2.75, 3.05) is 25.5 Å². The molecule has 3 heteroatoms. The maximum absolute atomic E-state index is 9.94. The molecule has 0 radical (unpaired) electrons. The Morgan fingerprint density at radius 2 is 2.00 bits per heavy atom. The first-order valence-corrected chi connectivity index (χ1v) is 4.98. The molecular weight excluding hydrogens is 176 g/mol. The smallest absolute Gasteiger partial charge is 0.0842 e. The van der Waals surface area contributed by atoms with Gasteiger partial charge in [-0.05, 0) is 17.7 Å². The molecule has 2 rings (SSSR count). The van der Waals surface area contributed by atoms with Crippen LogP contribution in [-0.4, -0.2) is 25.2 Å². The third kappa shape index (κ3) is 1.74. The van der Waals surface area contributed by atoms with Crippen LogP contribution < -0.4 is 10.6 Å². The van der Waals surface area contributed by atoms with Gasteiger partial charge in [0, 0.05) is 31.7 Å². The van der Waals surface area contributed by atoms with Gasteiger partial charge >= 0.3 is 0 Å². The van der Waals surface area contributed by atoms with Crippen molar-refractivity contribution in [3.8, 4) is 0 Å². The van der Waals surface area contributed by atoms with Crippen molar-refractivity contribution in [3.05, 3.63) is 29.8 Å². The van der Waals surface area contributed by atoms with Gasteiger partial charge in [0.1, 0.15) is 0 Å². The number of nitrogens with one attached hydrogen (secondary N) is 2. The maximum atomic E-state index is 9.94. The number of hydrogen-bond donors (Lipinski definition) is 3. The number of anilines is 1. The van der Waals surface area contributed by atoms with Crippen LogP contribution in [0.4, 0.5) is 5.69 Å². The van der Waals surface area contributed by atoms with Crippen molar-refractivity contribution in [2.24, 2.45) is 5.92 Å². The predicted molar refractivity (Wildman–Crippen MR) is 57.3 cm³/mol. The molecule has 1 aromatic rings. The van der Waals surface area contributed by atoms with Crippen molar-refractivity contribution in [2.45, 2.75) is 6.10 Å². The average molecular weight is 192 g/mol. The van der Waals surface area contributed by atoms with Crippen LogP contribution in [0.1, 0.15) is 11.7 Å². The van der Waals surface area contributed by atoms with Crippen LogP contribution in [0.5, 0.6) is 0 Å². The summed E-state index contributed by atoms with van der Waals surface area (Å²) in [5.74, 6) is 0.385. The molecule has 0 amide bonds. The fraction of sp³-hybridized carbons (Fsp3) is 0.455. The third-order valence-corrected chi connectivity index (χ3v) is 2.80. The van der Waals surface area contributed by atoms with E-state index in [0.29, 0.717) is 5.92 Å². The van der Waals surface area contributed by atoms with E-state index in [0.717, 1.165) is 24.3 Å². The Balaban J connectivity index is 2.07. The summed E-state index contributed by atoms with van der Waals surface area (Å²) in [4.78, 5) is 0. The van der Waals surface area contributed by atoms with E-state index in [2.05, 4.69) is 10.6 Å². The van der Waals surface area contributed by atoms with E-state index in [9.17, 15) is 5.11 Å². The summed E-state index contributed by atoms with van der Waals surface area (Å²) in [6.45, 7) is 1.85. The zero-order chi connectivity index (χ0) is 9.97. The van der Waals surface area contributed by atoms with Crippen molar-refractivity contribution in [1.82, 2.24) is 5.32 Å². The summed E-state index contributed by atoms with van der Waals surface area (Å²) in [5, 5.41) is 16.2. The zero-order valence-electron chi connectivity index (χ0n) is 8.33. The molecule has 3 N–H and O–H groups in total. The van der Waals surface area contributed by atoms with Crippen LogP contribution in [0, 0.1) is 5.92 Å². The molecule has 1 heterocycles. The monoisotopic (exact) mass is 192 g/mol. The summed E-state index contributed by atoms with van der Waals surface area (Å²) in [5.41, 5.74) is 2.09. The normalized spacial score (nSPS) is 18.7. The van der Waals surface area contributed by atoms with Gasteiger partial charge in [-0.25, -0.2) is 0 Å². The second-order valence-corrected chi connectivity index (χ2v) is 3.74. The number of benzene rings is 1. The largest absolute Gasteiger partial charge is 0.388 e. The second kappa shape index (κ2) is 3.98. The van der Waals surface area contributed by atoms with Crippen LogP contribution in [0.25, 0.3) is 0 Å². The minimum Gasteiger partial charge on any atom is -0.388 e. The first kappa shape index (κ1) is 9.49. The van der Waals surface area contributed by atoms with Gasteiger partial charge in [-0.3, -0.25) is 0 Å².